The summed E-state index contributed by atoms with van der Waals surface area (Å²) in [6.45, 7) is 3.47. The number of hydrogen-bond acceptors (Lipinski definition) is 3. The van der Waals surface area contributed by atoms with Crippen molar-refractivity contribution in [1.82, 2.24) is 14.9 Å². The van der Waals surface area contributed by atoms with Crippen molar-refractivity contribution in [2.75, 3.05) is 0 Å². The molecule has 0 aliphatic heterocycles. The Labute approximate surface area is 105 Å². The van der Waals surface area contributed by atoms with Gasteiger partial charge in [0.15, 0.2) is 0 Å². The molecule has 0 radical (unpaired) electrons. The summed E-state index contributed by atoms with van der Waals surface area (Å²) in [4.78, 5) is 0. The molecule has 0 unspecified atom stereocenters. The Morgan fingerprint density at radius 3 is 3.00 bits per heavy atom. The Morgan fingerprint density at radius 2 is 2.17 bits per heavy atom. The maximum atomic E-state index is 5.51. The lowest BCUT2D eigenvalue weighted by molar-refractivity contribution is 0.462. The maximum absolute atomic E-state index is 5.51. The van der Waals surface area contributed by atoms with Crippen LogP contribution in [-0.2, 0) is 13.1 Å². The summed E-state index contributed by atoms with van der Waals surface area (Å²) in [5, 5.41) is 7.66. The summed E-state index contributed by atoms with van der Waals surface area (Å²) in [5.74, 6) is 1.91. The molecule has 4 nitrogen and oxygen atoms in total. The largest absolute Gasteiger partial charge is 0.465 e. The fourth-order valence-electron chi connectivity index (χ4n) is 2.02. The van der Waals surface area contributed by atoms with E-state index < -0.39 is 0 Å². The number of aryl methyl sites for hydroxylation is 1. The molecule has 0 saturated carbocycles. The Kier molecular flexibility index (Phi) is 2.86. The number of aromatic nitrogens is 2. The summed E-state index contributed by atoms with van der Waals surface area (Å²) in [5.41, 5.74) is 2.33. The molecule has 4 heteroatoms. The topological polar surface area (TPSA) is 42.5 Å². The van der Waals surface area contributed by atoms with E-state index in [1.807, 2.05) is 48.1 Å². The molecule has 0 bridgehead atoms. The molecule has 0 spiro atoms. The highest BCUT2D eigenvalue weighted by molar-refractivity contribution is 5.53. The molecule has 0 atom stereocenters. The minimum absolute atomic E-state index is 0.734. The first-order chi connectivity index (χ1) is 8.83. The van der Waals surface area contributed by atoms with E-state index in [1.165, 1.54) is 5.56 Å². The maximum Gasteiger partial charge on any atom is 0.117 e. The number of furan rings is 1. The van der Waals surface area contributed by atoms with Crippen LogP contribution in [0.1, 0.15) is 17.1 Å². The van der Waals surface area contributed by atoms with E-state index in [0.717, 1.165) is 30.1 Å². The third-order valence-electron chi connectivity index (χ3n) is 2.92. The number of nitrogens with zero attached hydrogens (tertiary/aromatic N) is 2. The van der Waals surface area contributed by atoms with Crippen LogP contribution in [0.25, 0.3) is 5.52 Å². The van der Waals surface area contributed by atoms with Gasteiger partial charge in [-0.05, 0) is 31.2 Å². The third kappa shape index (κ3) is 2.15. The second-order valence-corrected chi connectivity index (χ2v) is 4.32. The van der Waals surface area contributed by atoms with Crippen molar-refractivity contribution in [2.45, 2.75) is 20.0 Å². The highest BCUT2D eigenvalue weighted by Gasteiger charge is 2.03. The standard InChI is InChI=1S/C14H15N3O/c1-11-5-6-13(18-11)10-15-8-12-9-16-17-7-3-2-4-14(12)17/h2-7,9,15H,8,10H2,1H3. The van der Waals surface area contributed by atoms with E-state index >= 15 is 0 Å². The lowest BCUT2D eigenvalue weighted by Crippen LogP contribution is -2.11. The fourth-order valence-corrected chi connectivity index (χ4v) is 2.02. The molecule has 0 saturated heterocycles. The minimum atomic E-state index is 0.734. The van der Waals surface area contributed by atoms with Crippen LogP contribution in [0.5, 0.6) is 0 Å². The van der Waals surface area contributed by atoms with Gasteiger partial charge in [0.2, 0.25) is 0 Å². The normalized spacial score (nSPS) is 11.2. The molecule has 0 aliphatic rings. The van der Waals surface area contributed by atoms with E-state index in [0.29, 0.717) is 0 Å². The quantitative estimate of drug-likeness (QED) is 0.763. The van der Waals surface area contributed by atoms with E-state index in [-0.39, 0.29) is 0 Å². The molecule has 3 heterocycles. The van der Waals surface area contributed by atoms with Crippen molar-refractivity contribution >= 4 is 5.52 Å². The number of fused-ring (bicyclic) bond motifs is 1. The van der Waals surface area contributed by atoms with Gasteiger partial charge in [-0.15, -0.1) is 0 Å². The Hall–Kier alpha value is -2.07. The monoisotopic (exact) mass is 241 g/mol. The predicted octanol–water partition coefficient (Wildman–Crippen LogP) is 2.53. The SMILES string of the molecule is Cc1ccc(CNCc2cnn3ccccc23)o1. The van der Waals surface area contributed by atoms with Crippen LogP contribution >= 0.6 is 0 Å². The smallest absolute Gasteiger partial charge is 0.117 e. The molecule has 18 heavy (non-hydrogen) atoms. The zero-order valence-electron chi connectivity index (χ0n) is 10.3. The predicted molar refractivity (Wildman–Crippen MR) is 69.2 cm³/mol. The van der Waals surface area contributed by atoms with Gasteiger partial charge in [0, 0.05) is 18.3 Å². The van der Waals surface area contributed by atoms with Gasteiger partial charge in [-0.2, -0.15) is 5.10 Å². The first kappa shape index (κ1) is 11.0. The molecular formula is C14H15N3O. The van der Waals surface area contributed by atoms with Crippen molar-refractivity contribution in [3.8, 4) is 0 Å². The number of rotatable bonds is 4. The first-order valence-electron chi connectivity index (χ1n) is 6.00. The lowest BCUT2D eigenvalue weighted by atomic mass is 10.2. The second kappa shape index (κ2) is 4.66. The summed E-state index contributed by atoms with van der Waals surface area (Å²) in [7, 11) is 0. The molecule has 0 aliphatic carbocycles. The van der Waals surface area contributed by atoms with Gasteiger partial charge in [-0.3, -0.25) is 0 Å². The van der Waals surface area contributed by atoms with Gasteiger partial charge in [-0.25, -0.2) is 4.52 Å². The van der Waals surface area contributed by atoms with Gasteiger partial charge in [0.1, 0.15) is 11.5 Å². The molecule has 0 amide bonds. The van der Waals surface area contributed by atoms with Crippen LogP contribution in [0.2, 0.25) is 0 Å². The summed E-state index contributed by atoms with van der Waals surface area (Å²) in [6, 6.07) is 10.0. The zero-order chi connectivity index (χ0) is 12.4. The molecule has 0 fully saturated rings. The van der Waals surface area contributed by atoms with Crippen molar-refractivity contribution in [3.05, 3.63) is 59.8 Å². The molecule has 92 valence electrons. The molecular weight excluding hydrogens is 226 g/mol. The Bertz CT molecular complexity index is 654. The summed E-state index contributed by atoms with van der Waals surface area (Å²) < 4.78 is 7.39. The Morgan fingerprint density at radius 1 is 1.22 bits per heavy atom. The van der Waals surface area contributed by atoms with Gasteiger partial charge in [0.05, 0.1) is 18.3 Å². The number of pyridine rings is 1. The molecule has 3 aromatic heterocycles. The molecule has 1 N–H and O–H groups in total. The summed E-state index contributed by atoms with van der Waals surface area (Å²) >= 11 is 0. The molecule has 3 rings (SSSR count). The van der Waals surface area contributed by atoms with Gasteiger partial charge < -0.3 is 9.73 Å². The average Bonchev–Trinajstić information content (AvgIpc) is 2.97. The summed E-state index contributed by atoms with van der Waals surface area (Å²) in [6.07, 6.45) is 3.85. The second-order valence-electron chi connectivity index (χ2n) is 4.32. The van der Waals surface area contributed by atoms with Crippen molar-refractivity contribution in [1.29, 1.82) is 0 Å². The van der Waals surface area contributed by atoms with Crippen LogP contribution in [0, 0.1) is 6.92 Å². The van der Waals surface area contributed by atoms with Gasteiger partial charge >= 0.3 is 0 Å². The van der Waals surface area contributed by atoms with Crippen LogP contribution in [0.15, 0.2) is 47.1 Å². The fraction of sp³-hybridized carbons (Fsp3) is 0.214. The number of nitrogens with one attached hydrogen (secondary N) is 1. The van der Waals surface area contributed by atoms with E-state index in [4.69, 9.17) is 4.42 Å². The minimum Gasteiger partial charge on any atom is -0.465 e. The highest BCUT2D eigenvalue weighted by atomic mass is 16.3. The van der Waals surface area contributed by atoms with Gasteiger partial charge in [-0.1, -0.05) is 6.07 Å². The van der Waals surface area contributed by atoms with Crippen molar-refractivity contribution < 1.29 is 4.42 Å². The highest BCUT2D eigenvalue weighted by Crippen LogP contribution is 2.10. The van der Waals surface area contributed by atoms with E-state index in [9.17, 15) is 0 Å². The number of hydrogen-bond donors (Lipinski definition) is 1. The van der Waals surface area contributed by atoms with Crippen LogP contribution in [-0.4, -0.2) is 9.61 Å². The third-order valence-corrected chi connectivity index (χ3v) is 2.92. The Balaban J connectivity index is 1.66. The zero-order valence-corrected chi connectivity index (χ0v) is 10.3. The van der Waals surface area contributed by atoms with Crippen LogP contribution in [0.4, 0.5) is 0 Å². The van der Waals surface area contributed by atoms with Gasteiger partial charge in [0.25, 0.3) is 0 Å². The molecule has 0 aromatic carbocycles. The van der Waals surface area contributed by atoms with E-state index in [2.05, 4.69) is 16.5 Å². The first-order valence-corrected chi connectivity index (χ1v) is 6.00. The lowest BCUT2D eigenvalue weighted by Gasteiger charge is -2.01. The van der Waals surface area contributed by atoms with Crippen molar-refractivity contribution in [3.63, 3.8) is 0 Å². The van der Waals surface area contributed by atoms with Crippen molar-refractivity contribution in [2.24, 2.45) is 0 Å². The molecule has 3 aromatic rings. The van der Waals surface area contributed by atoms with Crippen LogP contribution in [0.3, 0.4) is 0 Å². The van der Waals surface area contributed by atoms with E-state index in [1.54, 1.807) is 0 Å². The van der Waals surface area contributed by atoms with Crippen LogP contribution < -0.4 is 5.32 Å². The average molecular weight is 241 g/mol.